The first-order valence-electron chi connectivity index (χ1n) is 8.12. The molecule has 3 heteroatoms. The summed E-state index contributed by atoms with van der Waals surface area (Å²) < 4.78 is 2.40. The predicted octanol–water partition coefficient (Wildman–Crippen LogP) is 4.06. The molecule has 0 aliphatic heterocycles. The van der Waals surface area contributed by atoms with Gasteiger partial charge in [-0.3, -0.25) is 0 Å². The van der Waals surface area contributed by atoms with Crippen molar-refractivity contribution in [1.82, 2.24) is 9.55 Å². The maximum atomic E-state index is 5.72. The first-order chi connectivity index (χ1) is 9.96. The summed E-state index contributed by atoms with van der Waals surface area (Å²) in [6.07, 6.45) is 4.37. The van der Waals surface area contributed by atoms with E-state index in [2.05, 4.69) is 50.5 Å². The predicted molar refractivity (Wildman–Crippen MR) is 90.5 cm³/mol. The van der Waals surface area contributed by atoms with Gasteiger partial charge in [0, 0.05) is 13.0 Å². The fourth-order valence-electron chi connectivity index (χ4n) is 2.92. The Labute approximate surface area is 128 Å². The van der Waals surface area contributed by atoms with Crippen molar-refractivity contribution >= 4 is 11.0 Å². The summed E-state index contributed by atoms with van der Waals surface area (Å²) in [4.78, 5) is 4.89. The smallest absolute Gasteiger partial charge is 0.109 e. The first kappa shape index (κ1) is 16.0. The summed E-state index contributed by atoms with van der Waals surface area (Å²) in [5, 5.41) is 0. The first-order valence-corrected chi connectivity index (χ1v) is 8.12. The molecule has 2 N–H and O–H groups in total. The van der Waals surface area contributed by atoms with Crippen LogP contribution in [0.5, 0.6) is 0 Å². The molecule has 0 saturated carbocycles. The van der Waals surface area contributed by atoms with Crippen molar-refractivity contribution in [2.75, 3.05) is 6.54 Å². The second-order valence-corrected chi connectivity index (χ2v) is 6.87. The van der Waals surface area contributed by atoms with Gasteiger partial charge in [-0.25, -0.2) is 4.98 Å². The molecule has 21 heavy (non-hydrogen) atoms. The summed E-state index contributed by atoms with van der Waals surface area (Å²) >= 11 is 0. The minimum Gasteiger partial charge on any atom is -0.330 e. The van der Waals surface area contributed by atoms with Gasteiger partial charge in [-0.15, -0.1) is 0 Å². The molecule has 0 amide bonds. The molecule has 0 fully saturated rings. The third kappa shape index (κ3) is 3.85. The zero-order valence-corrected chi connectivity index (χ0v) is 13.9. The third-order valence-corrected chi connectivity index (χ3v) is 4.28. The van der Waals surface area contributed by atoms with Gasteiger partial charge < -0.3 is 10.3 Å². The monoisotopic (exact) mass is 287 g/mol. The Kier molecular flexibility index (Phi) is 5.04. The molecule has 0 unspecified atom stereocenters. The summed E-state index contributed by atoms with van der Waals surface area (Å²) in [5.41, 5.74) is 9.69. The van der Waals surface area contributed by atoms with Gasteiger partial charge in [0.05, 0.1) is 11.0 Å². The van der Waals surface area contributed by atoms with E-state index < -0.39 is 0 Å². The second kappa shape index (κ2) is 6.61. The van der Waals surface area contributed by atoms with Crippen molar-refractivity contribution in [2.45, 2.75) is 59.9 Å². The molecule has 0 aliphatic rings. The van der Waals surface area contributed by atoms with Crippen LogP contribution in [0.25, 0.3) is 11.0 Å². The van der Waals surface area contributed by atoms with E-state index in [-0.39, 0.29) is 0 Å². The molecule has 1 aromatic heterocycles. The van der Waals surface area contributed by atoms with Crippen LogP contribution in [0, 0.1) is 12.3 Å². The van der Waals surface area contributed by atoms with E-state index in [0.717, 1.165) is 44.3 Å². The molecule has 0 radical (unpaired) electrons. The van der Waals surface area contributed by atoms with Gasteiger partial charge in [-0.05, 0) is 55.8 Å². The third-order valence-electron chi connectivity index (χ3n) is 4.28. The molecule has 116 valence electrons. The number of benzene rings is 1. The Morgan fingerprint density at radius 3 is 2.67 bits per heavy atom. The number of nitrogens with zero attached hydrogens (tertiary/aromatic N) is 2. The molecule has 2 aromatic rings. The number of hydrogen-bond donors (Lipinski definition) is 1. The zero-order chi connectivity index (χ0) is 15.5. The molecule has 0 bridgehead atoms. The highest BCUT2D eigenvalue weighted by Gasteiger charge is 2.19. The lowest BCUT2D eigenvalue weighted by atomic mass is 9.84. The minimum atomic E-state index is 0.292. The van der Waals surface area contributed by atoms with Crippen LogP contribution in [0.2, 0.25) is 0 Å². The van der Waals surface area contributed by atoms with Gasteiger partial charge in [0.1, 0.15) is 5.82 Å². The van der Waals surface area contributed by atoms with Crippen molar-refractivity contribution in [3.63, 3.8) is 0 Å². The number of hydrogen-bond acceptors (Lipinski definition) is 2. The number of imidazole rings is 1. The lowest BCUT2D eigenvalue weighted by Gasteiger charge is -2.23. The Hall–Kier alpha value is -1.35. The standard InChI is InChI=1S/C18H29N3/c1-5-12-21-16-7-6-14(2)13-15(16)20-17(21)8-9-18(3,4)10-11-19/h6-7,13H,5,8-12,19H2,1-4H3. The Morgan fingerprint density at radius 2 is 2.00 bits per heavy atom. The maximum Gasteiger partial charge on any atom is 0.109 e. The second-order valence-electron chi connectivity index (χ2n) is 6.87. The van der Waals surface area contributed by atoms with Gasteiger partial charge in [0.2, 0.25) is 0 Å². The molecule has 0 atom stereocenters. The topological polar surface area (TPSA) is 43.8 Å². The van der Waals surface area contributed by atoms with Crippen LogP contribution in [-0.4, -0.2) is 16.1 Å². The van der Waals surface area contributed by atoms with Gasteiger partial charge in [0.15, 0.2) is 0 Å². The Morgan fingerprint density at radius 1 is 1.24 bits per heavy atom. The van der Waals surface area contributed by atoms with E-state index in [1.54, 1.807) is 0 Å². The Bertz CT molecular complexity index is 596. The van der Waals surface area contributed by atoms with Crippen LogP contribution in [-0.2, 0) is 13.0 Å². The average Bonchev–Trinajstić information content (AvgIpc) is 2.74. The van der Waals surface area contributed by atoms with Gasteiger partial charge in [-0.1, -0.05) is 26.8 Å². The number of rotatable bonds is 7. The van der Waals surface area contributed by atoms with E-state index in [1.807, 2.05) is 0 Å². The van der Waals surface area contributed by atoms with Crippen molar-refractivity contribution < 1.29 is 0 Å². The number of nitrogens with two attached hydrogens (primary N) is 1. The summed E-state index contributed by atoms with van der Waals surface area (Å²) in [6.45, 7) is 10.8. The van der Waals surface area contributed by atoms with E-state index in [4.69, 9.17) is 10.7 Å². The van der Waals surface area contributed by atoms with Crippen molar-refractivity contribution in [2.24, 2.45) is 11.1 Å². The SMILES string of the molecule is CCCn1c(CCC(C)(C)CCN)nc2cc(C)ccc21. The lowest BCUT2D eigenvalue weighted by Crippen LogP contribution is -2.18. The number of aromatic nitrogens is 2. The summed E-state index contributed by atoms with van der Waals surface area (Å²) in [7, 11) is 0. The van der Waals surface area contributed by atoms with E-state index >= 15 is 0 Å². The highest BCUT2D eigenvalue weighted by molar-refractivity contribution is 5.76. The normalized spacial score (nSPS) is 12.2. The highest BCUT2D eigenvalue weighted by atomic mass is 15.1. The van der Waals surface area contributed by atoms with Crippen LogP contribution in [0.1, 0.15) is 51.4 Å². The zero-order valence-electron chi connectivity index (χ0n) is 13.9. The quantitative estimate of drug-likeness (QED) is 0.834. The summed E-state index contributed by atoms with van der Waals surface area (Å²) in [6, 6.07) is 6.58. The molecular formula is C18H29N3. The van der Waals surface area contributed by atoms with Gasteiger partial charge >= 0.3 is 0 Å². The fourth-order valence-corrected chi connectivity index (χ4v) is 2.92. The largest absolute Gasteiger partial charge is 0.330 e. The average molecular weight is 287 g/mol. The number of fused-ring (bicyclic) bond motifs is 1. The molecule has 0 spiro atoms. The molecule has 0 aliphatic carbocycles. The van der Waals surface area contributed by atoms with Crippen LogP contribution < -0.4 is 5.73 Å². The molecule has 0 saturated heterocycles. The van der Waals surface area contributed by atoms with Crippen molar-refractivity contribution in [3.8, 4) is 0 Å². The molecule has 3 nitrogen and oxygen atoms in total. The molecule has 1 heterocycles. The maximum absolute atomic E-state index is 5.72. The van der Waals surface area contributed by atoms with Crippen molar-refractivity contribution in [3.05, 3.63) is 29.6 Å². The van der Waals surface area contributed by atoms with Crippen molar-refractivity contribution in [1.29, 1.82) is 0 Å². The van der Waals surface area contributed by atoms with Crippen LogP contribution in [0.3, 0.4) is 0 Å². The van der Waals surface area contributed by atoms with Crippen LogP contribution in [0.4, 0.5) is 0 Å². The van der Waals surface area contributed by atoms with Gasteiger partial charge in [-0.2, -0.15) is 0 Å². The minimum absolute atomic E-state index is 0.292. The lowest BCUT2D eigenvalue weighted by molar-refractivity contribution is 0.309. The summed E-state index contributed by atoms with van der Waals surface area (Å²) in [5.74, 6) is 1.22. The molecule has 1 aromatic carbocycles. The van der Waals surface area contributed by atoms with E-state index in [9.17, 15) is 0 Å². The molecule has 2 rings (SSSR count). The fraction of sp³-hybridized carbons (Fsp3) is 0.611. The highest BCUT2D eigenvalue weighted by Crippen LogP contribution is 2.27. The van der Waals surface area contributed by atoms with Gasteiger partial charge in [0.25, 0.3) is 0 Å². The van der Waals surface area contributed by atoms with Crippen LogP contribution >= 0.6 is 0 Å². The van der Waals surface area contributed by atoms with E-state index in [1.165, 1.54) is 16.9 Å². The van der Waals surface area contributed by atoms with E-state index in [0.29, 0.717) is 5.41 Å². The number of aryl methyl sites for hydroxylation is 3. The van der Waals surface area contributed by atoms with Crippen LogP contribution in [0.15, 0.2) is 18.2 Å². The Balaban J connectivity index is 2.27. The molecular weight excluding hydrogens is 258 g/mol.